The third-order valence-corrected chi connectivity index (χ3v) is 2.46. The lowest BCUT2D eigenvalue weighted by Crippen LogP contribution is -2.01. The number of ether oxygens (including phenoxy) is 1. The number of rotatable bonds is 1. The minimum absolute atomic E-state index is 0.323. The van der Waals surface area contributed by atoms with E-state index in [-0.39, 0.29) is 5.97 Å². The van der Waals surface area contributed by atoms with Crippen molar-refractivity contribution in [1.29, 1.82) is 0 Å². The van der Waals surface area contributed by atoms with Crippen molar-refractivity contribution in [2.75, 3.05) is 7.11 Å². The monoisotopic (exact) mass is 204 g/mol. The molecule has 78 valence electrons. The average Bonchev–Trinajstić information content (AvgIpc) is 2.53. The first-order chi connectivity index (χ1) is 7.13. The van der Waals surface area contributed by atoms with E-state index in [1.54, 1.807) is 16.8 Å². The lowest BCUT2D eigenvalue weighted by Gasteiger charge is -1.99. The molecule has 4 heteroatoms. The van der Waals surface area contributed by atoms with Crippen LogP contribution in [0, 0.1) is 6.92 Å². The van der Waals surface area contributed by atoms with E-state index in [4.69, 9.17) is 0 Å². The number of benzene rings is 1. The number of esters is 1. The number of methoxy groups -OCH3 is 1. The van der Waals surface area contributed by atoms with Crippen LogP contribution in [0.15, 0.2) is 18.2 Å². The zero-order chi connectivity index (χ0) is 11.0. The first-order valence-corrected chi connectivity index (χ1v) is 4.65. The van der Waals surface area contributed by atoms with Crippen molar-refractivity contribution in [3.8, 4) is 0 Å². The van der Waals surface area contributed by atoms with E-state index in [1.807, 2.05) is 20.0 Å². The normalized spacial score (nSPS) is 10.6. The van der Waals surface area contributed by atoms with Crippen molar-refractivity contribution in [2.24, 2.45) is 7.05 Å². The average molecular weight is 204 g/mol. The molecule has 0 spiro atoms. The van der Waals surface area contributed by atoms with Gasteiger partial charge in [0, 0.05) is 12.4 Å². The second kappa shape index (κ2) is 3.38. The Labute approximate surface area is 87.5 Å². The van der Waals surface area contributed by atoms with Crippen LogP contribution in [0.25, 0.3) is 10.9 Å². The van der Waals surface area contributed by atoms with Crippen LogP contribution in [-0.2, 0) is 11.8 Å². The zero-order valence-electron chi connectivity index (χ0n) is 8.94. The van der Waals surface area contributed by atoms with Crippen molar-refractivity contribution in [1.82, 2.24) is 9.78 Å². The summed E-state index contributed by atoms with van der Waals surface area (Å²) < 4.78 is 6.42. The van der Waals surface area contributed by atoms with Gasteiger partial charge in [-0.3, -0.25) is 4.68 Å². The summed E-state index contributed by atoms with van der Waals surface area (Å²) in [4.78, 5) is 11.3. The van der Waals surface area contributed by atoms with E-state index < -0.39 is 0 Å². The predicted octanol–water partition coefficient (Wildman–Crippen LogP) is 1.67. The summed E-state index contributed by atoms with van der Waals surface area (Å²) in [5.74, 6) is -0.323. The molecule has 0 fully saturated rings. The summed E-state index contributed by atoms with van der Waals surface area (Å²) >= 11 is 0. The van der Waals surface area contributed by atoms with Crippen molar-refractivity contribution in [3.05, 3.63) is 29.5 Å². The first-order valence-electron chi connectivity index (χ1n) is 4.65. The van der Waals surface area contributed by atoms with Gasteiger partial charge in [0.1, 0.15) is 0 Å². The molecule has 0 N–H and O–H groups in total. The van der Waals surface area contributed by atoms with E-state index in [1.165, 1.54) is 7.11 Å². The SMILES string of the molecule is COC(=O)c1ccc2c(C)nn(C)c2c1. The quantitative estimate of drug-likeness (QED) is 0.664. The number of fused-ring (bicyclic) bond motifs is 1. The Bertz CT molecular complexity index is 529. The van der Waals surface area contributed by atoms with Crippen molar-refractivity contribution < 1.29 is 9.53 Å². The summed E-state index contributed by atoms with van der Waals surface area (Å²) in [6.45, 7) is 1.94. The Hall–Kier alpha value is -1.84. The molecule has 0 radical (unpaired) electrons. The molecule has 4 nitrogen and oxygen atoms in total. The topological polar surface area (TPSA) is 44.1 Å². The highest BCUT2D eigenvalue weighted by Gasteiger charge is 2.09. The summed E-state index contributed by atoms with van der Waals surface area (Å²) in [5.41, 5.74) is 2.45. The van der Waals surface area contributed by atoms with Gasteiger partial charge in [0.05, 0.1) is 23.9 Å². The summed E-state index contributed by atoms with van der Waals surface area (Å²) in [6, 6.07) is 5.44. The Morgan fingerprint density at radius 3 is 2.87 bits per heavy atom. The molecule has 2 rings (SSSR count). The summed E-state index contributed by atoms with van der Waals surface area (Å²) in [6.07, 6.45) is 0. The highest BCUT2D eigenvalue weighted by molar-refractivity contribution is 5.94. The number of nitrogens with zero attached hydrogens (tertiary/aromatic N) is 2. The number of carbonyl (C=O) groups excluding carboxylic acids is 1. The third-order valence-electron chi connectivity index (χ3n) is 2.46. The van der Waals surface area contributed by atoms with Gasteiger partial charge in [-0.1, -0.05) is 6.07 Å². The van der Waals surface area contributed by atoms with E-state index in [0.29, 0.717) is 5.56 Å². The second-order valence-electron chi connectivity index (χ2n) is 3.43. The second-order valence-corrected chi connectivity index (χ2v) is 3.43. The fourth-order valence-electron chi connectivity index (χ4n) is 1.68. The molecule has 2 aromatic rings. The van der Waals surface area contributed by atoms with Gasteiger partial charge in [0.15, 0.2) is 0 Å². The van der Waals surface area contributed by atoms with Gasteiger partial charge in [-0.15, -0.1) is 0 Å². The fraction of sp³-hybridized carbons (Fsp3) is 0.273. The van der Waals surface area contributed by atoms with Crippen molar-refractivity contribution >= 4 is 16.9 Å². The lowest BCUT2D eigenvalue weighted by molar-refractivity contribution is 0.0601. The molecule has 0 unspecified atom stereocenters. The number of aromatic nitrogens is 2. The molecular formula is C11H12N2O2. The molecule has 1 aromatic carbocycles. The largest absolute Gasteiger partial charge is 0.465 e. The van der Waals surface area contributed by atoms with E-state index in [2.05, 4.69) is 9.84 Å². The Kier molecular flexibility index (Phi) is 2.19. The molecular weight excluding hydrogens is 192 g/mol. The lowest BCUT2D eigenvalue weighted by atomic mass is 10.1. The van der Waals surface area contributed by atoms with Crippen LogP contribution < -0.4 is 0 Å². The maximum Gasteiger partial charge on any atom is 0.337 e. The van der Waals surface area contributed by atoms with E-state index in [0.717, 1.165) is 16.6 Å². The number of hydrogen-bond acceptors (Lipinski definition) is 3. The maximum absolute atomic E-state index is 11.3. The standard InChI is InChI=1S/C11H12N2O2/c1-7-9-5-4-8(11(14)15-3)6-10(9)13(2)12-7/h4-6H,1-3H3. The fourth-order valence-corrected chi connectivity index (χ4v) is 1.68. The first kappa shape index (κ1) is 9.71. The van der Waals surface area contributed by atoms with Crippen LogP contribution in [-0.4, -0.2) is 22.9 Å². The van der Waals surface area contributed by atoms with Gasteiger partial charge in [-0.25, -0.2) is 4.79 Å². The molecule has 0 bridgehead atoms. The van der Waals surface area contributed by atoms with Crippen LogP contribution >= 0.6 is 0 Å². The molecule has 15 heavy (non-hydrogen) atoms. The van der Waals surface area contributed by atoms with Crippen LogP contribution in [0.4, 0.5) is 0 Å². The van der Waals surface area contributed by atoms with Gasteiger partial charge in [-0.05, 0) is 19.1 Å². The van der Waals surface area contributed by atoms with Crippen molar-refractivity contribution in [3.63, 3.8) is 0 Å². The zero-order valence-corrected chi connectivity index (χ0v) is 8.94. The van der Waals surface area contributed by atoms with Gasteiger partial charge < -0.3 is 4.74 Å². The number of aryl methyl sites for hydroxylation is 2. The minimum atomic E-state index is -0.323. The van der Waals surface area contributed by atoms with Gasteiger partial charge in [0.25, 0.3) is 0 Å². The molecule has 0 aliphatic rings. The van der Waals surface area contributed by atoms with E-state index >= 15 is 0 Å². The van der Waals surface area contributed by atoms with Gasteiger partial charge >= 0.3 is 5.97 Å². The van der Waals surface area contributed by atoms with Gasteiger partial charge in [-0.2, -0.15) is 5.10 Å². The number of carbonyl (C=O) groups is 1. The Morgan fingerprint density at radius 2 is 2.20 bits per heavy atom. The van der Waals surface area contributed by atoms with Gasteiger partial charge in [0.2, 0.25) is 0 Å². The molecule has 1 heterocycles. The van der Waals surface area contributed by atoms with Crippen LogP contribution in [0.1, 0.15) is 16.1 Å². The van der Waals surface area contributed by atoms with Crippen LogP contribution in [0.5, 0.6) is 0 Å². The Balaban J connectivity index is 2.65. The maximum atomic E-state index is 11.3. The van der Waals surface area contributed by atoms with Crippen molar-refractivity contribution in [2.45, 2.75) is 6.92 Å². The molecule has 0 aliphatic heterocycles. The molecule has 0 saturated heterocycles. The highest BCUT2D eigenvalue weighted by atomic mass is 16.5. The summed E-state index contributed by atoms with van der Waals surface area (Å²) in [5, 5.41) is 5.34. The molecule has 0 aliphatic carbocycles. The molecule has 1 aromatic heterocycles. The highest BCUT2D eigenvalue weighted by Crippen LogP contribution is 2.19. The Morgan fingerprint density at radius 1 is 1.47 bits per heavy atom. The number of hydrogen-bond donors (Lipinski definition) is 0. The minimum Gasteiger partial charge on any atom is -0.465 e. The predicted molar refractivity (Wildman–Crippen MR) is 56.8 cm³/mol. The van der Waals surface area contributed by atoms with Crippen LogP contribution in [0.3, 0.4) is 0 Å². The van der Waals surface area contributed by atoms with Crippen LogP contribution in [0.2, 0.25) is 0 Å². The molecule has 0 atom stereocenters. The summed E-state index contributed by atoms with van der Waals surface area (Å²) in [7, 11) is 3.23. The van der Waals surface area contributed by atoms with E-state index in [9.17, 15) is 4.79 Å². The molecule has 0 amide bonds. The smallest absolute Gasteiger partial charge is 0.337 e. The third kappa shape index (κ3) is 1.48. The molecule has 0 saturated carbocycles.